The van der Waals surface area contributed by atoms with Gasteiger partial charge < -0.3 is 10.0 Å². The van der Waals surface area contributed by atoms with Gasteiger partial charge in [0.05, 0.1) is 4.90 Å². The Bertz CT molecular complexity index is 1290. The highest BCUT2D eigenvalue weighted by Crippen LogP contribution is 2.43. The molecule has 2 aliphatic heterocycles. The van der Waals surface area contributed by atoms with Crippen LogP contribution in [0.4, 0.5) is 5.82 Å². The number of sulfonamides is 1. The molecule has 0 amide bonds. The first-order chi connectivity index (χ1) is 16.9. The summed E-state index contributed by atoms with van der Waals surface area (Å²) in [6.45, 7) is 1.44. The van der Waals surface area contributed by atoms with Crippen molar-refractivity contribution in [1.29, 1.82) is 0 Å². The fraction of sp³-hybridized carbons (Fsp3) is 0.308. The zero-order chi connectivity index (χ0) is 24.4. The predicted octanol–water partition coefficient (Wildman–Crippen LogP) is 4.32. The number of fused-ring (bicyclic) bond motifs is 1. The third kappa shape index (κ3) is 5.07. The monoisotopic (exact) mass is 509 g/mol. The Hall–Kier alpha value is -2.88. The van der Waals surface area contributed by atoms with E-state index in [0.29, 0.717) is 24.5 Å². The SMILES string of the molecule is O=C(O)CN1CC(C2CCN(S(=O)(=O)c3ccc(Sc4ccccc4)cc3)CC2)c2cccnc21. The normalized spacial score (nSPS) is 19.0. The lowest BCUT2D eigenvalue weighted by Gasteiger charge is -2.34. The summed E-state index contributed by atoms with van der Waals surface area (Å²) in [6, 6.07) is 21.0. The van der Waals surface area contributed by atoms with Gasteiger partial charge >= 0.3 is 5.97 Å². The Morgan fingerprint density at radius 1 is 0.971 bits per heavy atom. The van der Waals surface area contributed by atoms with Crippen LogP contribution in [0.15, 0.2) is 87.6 Å². The number of rotatable bonds is 7. The molecule has 3 heterocycles. The minimum atomic E-state index is -3.56. The van der Waals surface area contributed by atoms with E-state index in [1.807, 2.05) is 59.5 Å². The van der Waals surface area contributed by atoms with Gasteiger partial charge in [0.25, 0.3) is 0 Å². The Balaban J connectivity index is 1.24. The summed E-state index contributed by atoms with van der Waals surface area (Å²) in [6.07, 6.45) is 3.16. The Labute approximate surface area is 209 Å². The molecule has 1 fully saturated rings. The van der Waals surface area contributed by atoms with Gasteiger partial charge in [-0.3, -0.25) is 4.79 Å². The highest BCUT2D eigenvalue weighted by Gasteiger charge is 2.39. The molecule has 0 bridgehead atoms. The molecule has 1 atom stereocenters. The molecule has 0 spiro atoms. The van der Waals surface area contributed by atoms with Crippen molar-refractivity contribution >= 4 is 33.6 Å². The minimum Gasteiger partial charge on any atom is -0.480 e. The van der Waals surface area contributed by atoms with Crippen molar-refractivity contribution in [3.8, 4) is 0 Å². The van der Waals surface area contributed by atoms with Crippen LogP contribution in [-0.4, -0.2) is 55.0 Å². The average Bonchev–Trinajstić information content (AvgIpc) is 3.23. The molecule has 35 heavy (non-hydrogen) atoms. The van der Waals surface area contributed by atoms with E-state index in [1.54, 1.807) is 34.4 Å². The van der Waals surface area contributed by atoms with Crippen LogP contribution in [0.2, 0.25) is 0 Å². The van der Waals surface area contributed by atoms with Crippen LogP contribution >= 0.6 is 11.8 Å². The second-order valence-corrected chi connectivity index (χ2v) is 12.0. The molecule has 1 saturated heterocycles. The van der Waals surface area contributed by atoms with E-state index in [1.165, 1.54) is 0 Å². The number of pyridine rings is 1. The van der Waals surface area contributed by atoms with Crippen LogP contribution in [0.5, 0.6) is 0 Å². The zero-order valence-electron chi connectivity index (χ0n) is 19.2. The van der Waals surface area contributed by atoms with E-state index in [4.69, 9.17) is 0 Å². The number of anilines is 1. The van der Waals surface area contributed by atoms with E-state index in [2.05, 4.69) is 4.98 Å². The zero-order valence-corrected chi connectivity index (χ0v) is 20.8. The number of aliphatic carboxylic acids is 1. The number of hydrogen-bond acceptors (Lipinski definition) is 6. The average molecular weight is 510 g/mol. The number of benzene rings is 2. The second kappa shape index (κ2) is 10.0. The molecular formula is C26H27N3O4S2. The fourth-order valence-electron chi connectivity index (χ4n) is 5.06. The fourth-order valence-corrected chi connectivity index (χ4v) is 7.37. The molecule has 1 unspecified atom stereocenters. The van der Waals surface area contributed by atoms with E-state index >= 15 is 0 Å². The molecular weight excluding hydrogens is 482 g/mol. The van der Waals surface area contributed by atoms with Gasteiger partial charge in [0.1, 0.15) is 12.4 Å². The van der Waals surface area contributed by atoms with E-state index in [9.17, 15) is 18.3 Å². The first-order valence-electron chi connectivity index (χ1n) is 11.7. The predicted molar refractivity (Wildman–Crippen MR) is 135 cm³/mol. The first kappa shape index (κ1) is 23.8. The number of nitrogens with zero attached hydrogens (tertiary/aromatic N) is 3. The third-order valence-electron chi connectivity index (χ3n) is 6.77. The maximum absolute atomic E-state index is 13.3. The van der Waals surface area contributed by atoms with Gasteiger partial charge in [-0.1, -0.05) is 36.0 Å². The van der Waals surface area contributed by atoms with E-state index in [-0.39, 0.29) is 18.4 Å². The van der Waals surface area contributed by atoms with Crippen molar-refractivity contribution in [1.82, 2.24) is 9.29 Å². The number of carboxylic acid groups (broad SMARTS) is 1. The lowest BCUT2D eigenvalue weighted by Crippen LogP contribution is -2.40. The molecule has 3 aromatic rings. The second-order valence-electron chi connectivity index (χ2n) is 8.93. The Morgan fingerprint density at radius 2 is 1.66 bits per heavy atom. The number of carboxylic acids is 1. The van der Waals surface area contributed by atoms with Crippen molar-refractivity contribution < 1.29 is 18.3 Å². The topological polar surface area (TPSA) is 90.8 Å². The van der Waals surface area contributed by atoms with Crippen molar-refractivity contribution in [2.75, 3.05) is 31.1 Å². The molecule has 0 radical (unpaired) electrons. The van der Waals surface area contributed by atoms with Crippen LogP contribution < -0.4 is 4.90 Å². The van der Waals surface area contributed by atoms with E-state index in [0.717, 1.165) is 34.0 Å². The van der Waals surface area contributed by atoms with Gasteiger partial charge in [-0.25, -0.2) is 13.4 Å². The van der Waals surface area contributed by atoms with Gasteiger partial charge in [-0.2, -0.15) is 4.31 Å². The minimum absolute atomic E-state index is 0.0771. The van der Waals surface area contributed by atoms with Crippen LogP contribution in [0.25, 0.3) is 0 Å². The summed E-state index contributed by atoms with van der Waals surface area (Å²) in [4.78, 5) is 20.0. The largest absolute Gasteiger partial charge is 0.480 e. The molecule has 9 heteroatoms. The molecule has 182 valence electrons. The highest BCUT2D eigenvalue weighted by atomic mass is 32.2. The van der Waals surface area contributed by atoms with Crippen LogP contribution in [0.1, 0.15) is 24.3 Å². The maximum Gasteiger partial charge on any atom is 0.323 e. The van der Waals surface area contributed by atoms with Crippen molar-refractivity contribution in [2.24, 2.45) is 5.92 Å². The quantitative estimate of drug-likeness (QED) is 0.507. The summed E-state index contributed by atoms with van der Waals surface area (Å²) >= 11 is 1.60. The van der Waals surface area contributed by atoms with Gasteiger partial charge in [0, 0.05) is 41.5 Å². The van der Waals surface area contributed by atoms with Gasteiger partial charge in [-0.15, -0.1) is 0 Å². The maximum atomic E-state index is 13.3. The lowest BCUT2D eigenvalue weighted by atomic mass is 9.82. The van der Waals surface area contributed by atoms with Gasteiger partial charge in [-0.05, 0) is 66.8 Å². The van der Waals surface area contributed by atoms with E-state index < -0.39 is 16.0 Å². The summed E-state index contributed by atoms with van der Waals surface area (Å²) in [5.41, 5.74) is 1.07. The smallest absolute Gasteiger partial charge is 0.323 e. The third-order valence-corrected chi connectivity index (χ3v) is 9.70. The molecule has 0 saturated carbocycles. The number of carbonyl (C=O) groups is 1. The number of aromatic nitrogens is 1. The van der Waals surface area contributed by atoms with Crippen molar-refractivity contribution in [3.05, 3.63) is 78.5 Å². The van der Waals surface area contributed by atoms with Crippen LogP contribution in [0.3, 0.4) is 0 Å². The van der Waals surface area contributed by atoms with Crippen molar-refractivity contribution in [2.45, 2.75) is 33.4 Å². The molecule has 2 aromatic carbocycles. The van der Waals surface area contributed by atoms with Crippen molar-refractivity contribution in [3.63, 3.8) is 0 Å². The van der Waals surface area contributed by atoms with Gasteiger partial charge in [0.15, 0.2) is 0 Å². The molecule has 5 rings (SSSR count). The first-order valence-corrected chi connectivity index (χ1v) is 13.9. The highest BCUT2D eigenvalue weighted by molar-refractivity contribution is 7.99. The summed E-state index contributed by atoms with van der Waals surface area (Å²) in [5.74, 6) is 0.310. The molecule has 1 N–H and O–H groups in total. The molecule has 2 aliphatic rings. The van der Waals surface area contributed by atoms with Gasteiger partial charge in [0.2, 0.25) is 10.0 Å². The summed E-state index contributed by atoms with van der Waals surface area (Å²) in [7, 11) is -3.56. The molecule has 7 nitrogen and oxygen atoms in total. The van der Waals surface area contributed by atoms with Crippen LogP contribution in [0, 0.1) is 5.92 Å². The number of hydrogen-bond donors (Lipinski definition) is 1. The molecule has 1 aromatic heterocycles. The molecule has 0 aliphatic carbocycles. The number of piperidine rings is 1. The standard InChI is InChI=1S/C26H27N3O4S2/c30-25(31)18-28-17-24(23-7-4-14-27-26(23)28)19-12-15-29(16-13-19)35(32,33)22-10-8-21(9-11-22)34-20-5-2-1-3-6-20/h1-11,14,19,24H,12-13,15-18H2,(H,30,31). The van der Waals surface area contributed by atoms with Crippen LogP contribution in [-0.2, 0) is 14.8 Å². The Kier molecular flexibility index (Phi) is 6.82. The lowest BCUT2D eigenvalue weighted by molar-refractivity contribution is -0.135. The summed E-state index contributed by atoms with van der Waals surface area (Å²) in [5, 5.41) is 9.28. The summed E-state index contributed by atoms with van der Waals surface area (Å²) < 4.78 is 28.2. The Morgan fingerprint density at radius 3 is 2.34 bits per heavy atom.